The van der Waals surface area contributed by atoms with Crippen molar-refractivity contribution in [2.45, 2.75) is 69.2 Å². The molecule has 1 saturated heterocycles. The van der Waals surface area contributed by atoms with Crippen LogP contribution >= 0.6 is 23.4 Å². The van der Waals surface area contributed by atoms with Crippen LogP contribution in [0, 0.1) is 0 Å². The van der Waals surface area contributed by atoms with Crippen LogP contribution in [-0.2, 0) is 44.7 Å². The highest BCUT2D eigenvalue weighted by molar-refractivity contribution is 7.99. The lowest BCUT2D eigenvalue weighted by molar-refractivity contribution is -0.211. The van der Waals surface area contributed by atoms with E-state index in [2.05, 4.69) is 15.5 Å². The number of esters is 3. The average molecular weight is 647 g/mol. The lowest BCUT2D eigenvalue weighted by atomic mass is 9.97. The van der Waals surface area contributed by atoms with Crippen LogP contribution in [0.5, 0.6) is 5.75 Å². The molecule has 1 amide bonds. The van der Waals surface area contributed by atoms with Crippen molar-refractivity contribution in [3.63, 3.8) is 0 Å². The highest BCUT2D eigenvalue weighted by atomic mass is 35.5. The second-order valence-electron chi connectivity index (χ2n) is 9.65. The van der Waals surface area contributed by atoms with Gasteiger partial charge in [-0.05, 0) is 36.4 Å². The minimum atomic E-state index is -1.21. The van der Waals surface area contributed by atoms with Crippen molar-refractivity contribution < 1.29 is 42.9 Å². The summed E-state index contributed by atoms with van der Waals surface area (Å²) in [6.07, 6.45) is -3.47. The topological polar surface area (TPSA) is 157 Å². The lowest BCUT2D eigenvalue weighted by Crippen LogP contribution is -2.65. The molecule has 2 aromatic carbocycles. The first kappa shape index (κ1) is 32.8. The molecule has 44 heavy (non-hydrogen) atoms. The van der Waals surface area contributed by atoms with Gasteiger partial charge in [-0.1, -0.05) is 41.6 Å². The molecule has 0 spiro atoms. The molecule has 0 radical (unpaired) electrons. The van der Waals surface area contributed by atoms with Crippen LogP contribution in [0.1, 0.15) is 33.5 Å². The Balaban J connectivity index is 1.72. The third kappa shape index (κ3) is 8.71. The number of aromatic nitrogens is 3. The fraction of sp³-hybridized carbons (Fsp3) is 0.379. The number of nitrogens with one attached hydrogen (secondary N) is 1. The van der Waals surface area contributed by atoms with Crippen molar-refractivity contribution >= 4 is 47.2 Å². The first-order valence-corrected chi connectivity index (χ1v) is 14.7. The molecule has 1 N–H and O–H groups in total. The zero-order chi connectivity index (χ0) is 31.8. The zero-order valence-corrected chi connectivity index (χ0v) is 25.9. The van der Waals surface area contributed by atoms with Gasteiger partial charge in [0.05, 0.1) is 0 Å². The number of benzene rings is 2. The van der Waals surface area contributed by atoms with Crippen LogP contribution < -0.4 is 10.1 Å². The molecule has 0 saturated carbocycles. The van der Waals surface area contributed by atoms with Crippen molar-refractivity contribution in [1.82, 2.24) is 20.1 Å². The Kier molecular flexibility index (Phi) is 11.2. The first-order valence-electron chi connectivity index (χ1n) is 13.5. The van der Waals surface area contributed by atoms with Crippen molar-refractivity contribution in [3.05, 3.63) is 65.4 Å². The van der Waals surface area contributed by atoms with Gasteiger partial charge < -0.3 is 29.0 Å². The van der Waals surface area contributed by atoms with E-state index in [0.717, 1.165) is 11.8 Å². The molecular formula is C29H31ClN4O9S. The number of ether oxygens (including phenoxy) is 5. The van der Waals surface area contributed by atoms with Crippen LogP contribution in [0.15, 0.2) is 59.8 Å². The number of nitrogens with zero attached hydrogens (tertiary/aromatic N) is 3. The minimum Gasteiger partial charge on any atom is -0.486 e. The smallest absolute Gasteiger partial charge is 0.303 e. The molecule has 1 aliphatic heterocycles. The summed E-state index contributed by atoms with van der Waals surface area (Å²) < 4.78 is 30.3. The van der Waals surface area contributed by atoms with E-state index in [1.807, 2.05) is 30.3 Å². The molecule has 2 heterocycles. The molecule has 0 unspecified atom stereocenters. The highest BCUT2D eigenvalue weighted by Gasteiger charge is 2.51. The van der Waals surface area contributed by atoms with Gasteiger partial charge in [0, 0.05) is 38.4 Å². The van der Waals surface area contributed by atoms with Crippen LogP contribution in [0.25, 0.3) is 5.69 Å². The fourth-order valence-corrected chi connectivity index (χ4v) is 5.79. The summed E-state index contributed by atoms with van der Waals surface area (Å²) in [6, 6.07) is 15.1. The fourth-order valence-electron chi connectivity index (χ4n) is 4.48. The summed E-state index contributed by atoms with van der Waals surface area (Å²) in [6.45, 7) is 4.60. The summed E-state index contributed by atoms with van der Waals surface area (Å²) in [5.74, 6) is -1.41. The van der Waals surface area contributed by atoms with Crippen LogP contribution in [0.2, 0.25) is 5.02 Å². The van der Waals surface area contributed by atoms with Crippen molar-refractivity contribution in [3.8, 4) is 11.4 Å². The van der Waals surface area contributed by atoms with Crippen molar-refractivity contribution in [2.24, 2.45) is 0 Å². The van der Waals surface area contributed by atoms with E-state index in [-0.39, 0.29) is 13.2 Å². The number of carbonyl (C=O) groups excluding carboxylic acids is 4. The summed E-state index contributed by atoms with van der Waals surface area (Å²) in [5.41, 5.74) is -0.264. The van der Waals surface area contributed by atoms with Gasteiger partial charge in [-0.3, -0.25) is 23.7 Å². The molecule has 4 rings (SSSR count). The SMILES string of the molecule is CC(=O)N[C@@H]1[C@@H](OC(C)=O)[C@H](OC(C)=O)[C@@H](COC(C)=O)O[C@H]1Sc1nnc(COc2ccc(Cl)cc2)n1-c1ccccc1. The van der Waals surface area contributed by atoms with E-state index in [1.165, 1.54) is 27.7 Å². The molecule has 0 bridgehead atoms. The Morgan fingerprint density at radius 3 is 2.18 bits per heavy atom. The number of halogens is 1. The van der Waals surface area contributed by atoms with Gasteiger partial charge >= 0.3 is 17.9 Å². The van der Waals surface area contributed by atoms with Gasteiger partial charge in [0.25, 0.3) is 0 Å². The third-order valence-corrected chi connectivity index (χ3v) is 7.55. The normalized spacial score (nSPS) is 21.2. The van der Waals surface area contributed by atoms with Gasteiger partial charge in [-0.2, -0.15) is 0 Å². The Morgan fingerprint density at radius 1 is 0.909 bits per heavy atom. The van der Waals surface area contributed by atoms with E-state index < -0.39 is 53.6 Å². The standard InChI is InChI=1S/C29H31ClN4O9S/c1-16(35)31-25-27(42-19(4)38)26(41-18(3)37)23(14-39-17(2)36)43-28(25)44-29-33-32-24(34(29)21-8-6-5-7-9-21)15-40-22-12-10-20(30)11-13-22/h5-13,23,25-28H,14-15H2,1-4H3,(H,31,35)/t23-,25-,26-,27-,28+/m1/s1. The zero-order valence-electron chi connectivity index (χ0n) is 24.3. The Hall–Kier alpha value is -4.14. The van der Waals surface area contributed by atoms with Crippen LogP contribution in [0.3, 0.4) is 0 Å². The van der Waals surface area contributed by atoms with Gasteiger partial charge in [0.1, 0.15) is 36.5 Å². The molecular weight excluding hydrogens is 616 g/mol. The van der Waals surface area contributed by atoms with Gasteiger partial charge in [0.2, 0.25) is 5.91 Å². The lowest BCUT2D eigenvalue weighted by Gasteiger charge is -2.44. The predicted molar refractivity (Wildman–Crippen MR) is 157 cm³/mol. The molecule has 0 aliphatic carbocycles. The molecule has 234 valence electrons. The quantitative estimate of drug-likeness (QED) is 0.240. The Bertz CT molecular complexity index is 1470. The summed E-state index contributed by atoms with van der Waals surface area (Å²) in [4.78, 5) is 48.3. The van der Waals surface area contributed by atoms with E-state index in [1.54, 1.807) is 28.8 Å². The number of hydrogen-bond acceptors (Lipinski definition) is 12. The van der Waals surface area contributed by atoms with Crippen LogP contribution in [0.4, 0.5) is 0 Å². The van der Waals surface area contributed by atoms with E-state index >= 15 is 0 Å². The minimum absolute atomic E-state index is 0.0460. The molecule has 13 nitrogen and oxygen atoms in total. The predicted octanol–water partition coefficient (Wildman–Crippen LogP) is 3.25. The Labute approximate surface area is 262 Å². The number of thioether (sulfide) groups is 1. The summed E-state index contributed by atoms with van der Waals surface area (Å²) in [7, 11) is 0. The Morgan fingerprint density at radius 2 is 1.57 bits per heavy atom. The average Bonchev–Trinajstić information content (AvgIpc) is 3.36. The van der Waals surface area contributed by atoms with Gasteiger partial charge in [-0.25, -0.2) is 0 Å². The maximum absolute atomic E-state index is 12.3. The monoisotopic (exact) mass is 646 g/mol. The maximum Gasteiger partial charge on any atom is 0.303 e. The van der Waals surface area contributed by atoms with E-state index in [4.69, 9.17) is 35.3 Å². The molecule has 5 atom stereocenters. The highest BCUT2D eigenvalue weighted by Crippen LogP contribution is 2.36. The summed E-state index contributed by atoms with van der Waals surface area (Å²) >= 11 is 7.07. The summed E-state index contributed by atoms with van der Waals surface area (Å²) in [5, 5.41) is 12.4. The third-order valence-electron chi connectivity index (χ3n) is 6.19. The number of rotatable bonds is 11. The molecule has 15 heteroatoms. The van der Waals surface area contributed by atoms with Crippen molar-refractivity contribution in [2.75, 3.05) is 6.61 Å². The van der Waals surface area contributed by atoms with Gasteiger partial charge in [0.15, 0.2) is 23.2 Å². The molecule has 1 fully saturated rings. The number of hydrogen-bond donors (Lipinski definition) is 1. The van der Waals surface area contributed by atoms with Crippen molar-refractivity contribution in [1.29, 1.82) is 0 Å². The largest absolute Gasteiger partial charge is 0.486 e. The number of para-hydroxylation sites is 1. The molecule has 1 aliphatic rings. The maximum atomic E-state index is 12.3. The second kappa shape index (κ2) is 15.0. The van der Waals surface area contributed by atoms with E-state index in [0.29, 0.717) is 27.4 Å². The van der Waals surface area contributed by atoms with Crippen LogP contribution in [-0.4, -0.2) is 75.0 Å². The molecule has 3 aromatic rings. The second-order valence-corrected chi connectivity index (χ2v) is 11.2. The number of amides is 1. The number of carbonyl (C=O) groups is 4. The van der Waals surface area contributed by atoms with E-state index in [9.17, 15) is 19.2 Å². The first-order chi connectivity index (χ1) is 21.0. The molecule has 1 aromatic heterocycles. The van der Waals surface area contributed by atoms with Gasteiger partial charge in [-0.15, -0.1) is 10.2 Å².